The van der Waals surface area contributed by atoms with Crippen LogP contribution in [0.25, 0.3) is 0 Å². The first kappa shape index (κ1) is 21.8. The van der Waals surface area contributed by atoms with Gasteiger partial charge in [-0.1, -0.05) is 0 Å². The monoisotopic (exact) mass is 378 g/mol. The van der Waals surface area contributed by atoms with Crippen molar-refractivity contribution in [1.82, 2.24) is 0 Å². The van der Waals surface area contributed by atoms with Crippen molar-refractivity contribution in [2.45, 2.75) is 37.8 Å². The van der Waals surface area contributed by atoms with Crippen LogP contribution in [0, 0.1) is 0 Å². The van der Waals surface area contributed by atoms with Gasteiger partial charge in [-0.15, -0.1) is 23.2 Å². The normalized spacial score (nSPS) is 12.9. The second-order valence-electron chi connectivity index (χ2n) is 4.58. The van der Waals surface area contributed by atoms with E-state index in [4.69, 9.17) is 45.0 Å². The molecule has 0 aromatic rings. The molecule has 128 valence electrons. The summed E-state index contributed by atoms with van der Waals surface area (Å²) >= 11 is 11.5. The van der Waals surface area contributed by atoms with E-state index in [0.29, 0.717) is 23.8 Å². The van der Waals surface area contributed by atoms with Gasteiger partial charge in [0.25, 0.3) is 0 Å². The fourth-order valence-corrected chi connectivity index (χ4v) is 8.89. The van der Waals surface area contributed by atoms with E-state index in [1.165, 1.54) is 0 Å². The van der Waals surface area contributed by atoms with Crippen LogP contribution in [-0.4, -0.2) is 57.8 Å². The lowest BCUT2D eigenvalue weighted by Crippen LogP contribution is -2.57. The van der Waals surface area contributed by atoms with Gasteiger partial charge in [-0.2, -0.15) is 0 Å². The summed E-state index contributed by atoms with van der Waals surface area (Å²) in [5, 5.41) is 0. The molecule has 0 heterocycles. The zero-order valence-electron chi connectivity index (χ0n) is 13.5. The average Bonchev–Trinajstić information content (AvgIpc) is 2.53. The Hall–Kier alpha value is 0.814. The Morgan fingerprint density at radius 2 is 0.952 bits per heavy atom. The number of rotatable bonds is 14. The quantitative estimate of drug-likeness (QED) is 0.263. The van der Waals surface area contributed by atoms with Gasteiger partial charge in [0.15, 0.2) is 0 Å². The molecule has 9 heteroatoms. The molecule has 21 heavy (non-hydrogen) atoms. The summed E-state index contributed by atoms with van der Waals surface area (Å²) in [5.41, 5.74) is 0. The Bertz CT molecular complexity index is 230. The van der Waals surface area contributed by atoms with Gasteiger partial charge in [0, 0.05) is 52.3 Å². The zero-order valence-corrected chi connectivity index (χ0v) is 17.0. The molecule has 0 aromatic carbocycles. The Morgan fingerprint density at radius 1 is 0.619 bits per heavy atom. The lowest BCUT2D eigenvalue weighted by atomic mass is 10.4. The highest BCUT2D eigenvalue weighted by Crippen LogP contribution is 2.27. The molecule has 0 aliphatic rings. The Balaban J connectivity index is 4.85. The van der Waals surface area contributed by atoms with Crippen LogP contribution in [0.1, 0.15) is 25.7 Å². The molecular weight excluding hydrogens is 351 g/mol. The fourth-order valence-electron chi connectivity index (χ4n) is 1.95. The molecule has 0 aromatic heterocycles. The van der Waals surface area contributed by atoms with Crippen LogP contribution in [0.15, 0.2) is 0 Å². The molecule has 0 saturated carbocycles. The molecule has 5 nitrogen and oxygen atoms in total. The van der Waals surface area contributed by atoms with Crippen LogP contribution in [0.3, 0.4) is 0 Å². The summed E-state index contributed by atoms with van der Waals surface area (Å²) in [7, 11) is 0.847. The van der Waals surface area contributed by atoms with Crippen LogP contribution in [0.2, 0.25) is 12.1 Å². The minimum absolute atomic E-state index is 0.616. The van der Waals surface area contributed by atoms with Crippen molar-refractivity contribution in [2.24, 2.45) is 0 Å². The van der Waals surface area contributed by atoms with Gasteiger partial charge in [0.1, 0.15) is 0 Å². The number of alkyl halides is 2. The molecule has 0 amide bonds. The van der Waals surface area contributed by atoms with Crippen molar-refractivity contribution < 1.29 is 21.8 Å². The van der Waals surface area contributed by atoms with E-state index in [-0.39, 0.29) is 0 Å². The third-order valence-corrected chi connectivity index (χ3v) is 10.7. The van der Waals surface area contributed by atoms with Gasteiger partial charge in [-0.25, -0.2) is 0 Å². The topological polar surface area (TPSA) is 46.2 Å². The molecule has 0 spiro atoms. The summed E-state index contributed by atoms with van der Waals surface area (Å²) in [6.45, 7) is 0. The summed E-state index contributed by atoms with van der Waals surface area (Å²) in [6.07, 6.45) is 3.56. The van der Waals surface area contributed by atoms with Crippen molar-refractivity contribution in [3.8, 4) is 0 Å². The van der Waals surface area contributed by atoms with Crippen LogP contribution in [-0.2, 0) is 21.8 Å². The van der Waals surface area contributed by atoms with E-state index in [2.05, 4.69) is 0 Å². The van der Waals surface area contributed by atoms with Crippen molar-refractivity contribution in [3.63, 3.8) is 0 Å². The van der Waals surface area contributed by atoms with E-state index in [0.717, 1.165) is 25.7 Å². The van der Waals surface area contributed by atoms with Gasteiger partial charge in [0.2, 0.25) is 0 Å². The lowest BCUT2D eigenvalue weighted by molar-refractivity contribution is 0.0859. The third kappa shape index (κ3) is 7.76. The van der Waals surface area contributed by atoms with Crippen molar-refractivity contribution in [1.29, 1.82) is 0 Å². The lowest BCUT2D eigenvalue weighted by Gasteiger charge is -2.35. The largest absolute Gasteiger partial charge is 0.493 e. The van der Waals surface area contributed by atoms with E-state index in [1.807, 2.05) is 0 Å². The van der Waals surface area contributed by atoms with Gasteiger partial charge in [-0.05, 0) is 25.7 Å². The maximum atomic E-state index is 6.22. The molecule has 0 N–H and O–H groups in total. The predicted molar refractivity (Wildman–Crippen MR) is 90.2 cm³/mol. The highest BCUT2D eigenvalue weighted by Gasteiger charge is 2.51. The first-order valence-electron chi connectivity index (χ1n) is 7.10. The molecule has 0 bridgehead atoms. The maximum absolute atomic E-state index is 6.22. The summed E-state index contributed by atoms with van der Waals surface area (Å²) in [4.78, 5) is 0. The summed E-state index contributed by atoms with van der Waals surface area (Å²) < 4.78 is 28.6. The number of halogens is 2. The Morgan fingerprint density at radius 3 is 1.19 bits per heavy atom. The Kier molecular flexibility index (Phi) is 12.7. The fraction of sp³-hybridized carbons (Fsp3) is 1.00. The summed E-state index contributed by atoms with van der Waals surface area (Å²) in [5.74, 6) is 1.23. The van der Waals surface area contributed by atoms with E-state index in [1.54, 1.807) is 28.4 Å². The molecule has 0 unspecified atom stereocenters. The maximum Gasteiger partial charge on any atom is 0.493 e. The van der Waals surface area contributed by atoms with Crippen LogP contribution in [0.4, 0.5) is 0 Å². The number of hydrogen-bond acceptors (Lipinski definition) is 5. The smallest absolute Gasteiger partial charge is 0.377 e. The molecule has 0 saturated heterocycles. The third-order valence-electron chi connectivity index (χ3n) is 3.29. The first-order valence-corrected chi connectivity index (χ1v) is 12.0. The summed E-state index contributed by atoms with van der Waals surface area (Å²) in [6, 6.07) is 1.40. The minimum Gasteiger partial charge on any atom is -0.377 e. The van der Waals surface area contributed by atoms with Gasteiger partial charge in [-0.3, -0.25) is 0 Å². The average molecular weight is 379 g/mol. The molecule has 0 aliphatic heterocycles. The molecular formula is C12H28Cl2O5Si2. The van der Waals surface area contributed by atoms with Crippen molar-refractivity contribution in [2.75, 3.05) is 40.2 Å². The Labute approximate surface area is 140 Å². The second-order valence-corrected chi connectivity index (χ2v) is 11.5. The van der Waals surface area contributed by atoms with Crippen LogP contribution >= 0.6 is 23.2 Å². The number of unbranched alkanes of at least 4 members (excludes halogenated alkanes) is 2. The van der Waals surface area contributed by atoms with Crippen molar-refractivity contribution in [3.05, 3.63) is 0 Å². The molecule has 0 radical (unpaired) electrons. The SMILES string of the molecule is CO[Si](CCCCCl)(OC)O[Si](CCCCCl)(OC)OC. The van der Waals surface area contributed by atoms with Gasteiger partial charge in [0.05, 0.1) is 0 Å². The van der Waals surface area contributed by atoms with E-state index < -0.39 is 17.6 Å². The van der Waals surface area contributed by atoms with Gasteiger partial charge >= 0.3 is 17.6 Å². The van der Waals surface area contributed by atoms with E-state index >= 15 is 0 Å². The molecule has 0 aliphatic carbocycles. The predicted octanol–water partition coefficient (Wildman–Crippen LogP) is 3.50. The molecule has 0 atom stereocenters. The van der Waals surface area contributed by atoms with Crippen molar-refractivity contribution >= 4 is 40.8 Å². The highest BCUT2D eigenvalue weighted by atomic mass is 35.5. The standard InChI is InChI=1S/C12H28Cl2O5Si2/c1-15-20(16-2,11-7-5-9-13)19-21(17-3,18-4)12-8-6-10-14/h5-12H2,1-4H3. The van der Waals surface area contributed by atoms with E-state index in [9.17, 15) is 0 Å². The van der Waals surface area contributed by atoms with Crippen LogP contribution in [0.5, 0.6) is 0 Å². The molecule has 0 fully saturated rings. The van der Waals surface area contributed by atoms with Gasteiger partial charge < -0.3 is 21.8 Å². The highest BCUT2D eigenvalue weighted by molar-refractivity contribution is 6.74. The second kappa shape index (κ2) is 12.3. The molecule has 0 rings (SSSR count). The van der Waals surface area contributed by atoms with Crippen LogP contribution < -0.4 is 0 Å². The minimum atomic E-state index is -2.80. The first-order chi connectivity index (χ1) is 10.1. The number of hydrogen-bond donors (Lipinski definition) is 0. The zero-order chi connectivity index (χ0) is 16.2.